The molecule has 3 N–H and O–H groups in total. The van der Waals surface area contributed by atoms with Crippen molar-refractivity contribution in [2.24, 2.45) is 11.7 Å². The van der Waals surface area contributed by atoms with Gasteiger partial charge in [0.05, 0.1) is 5.92 Å². The summed E-state index contributed by atoms with van der Waals surface area (Å²) in [5.74, 6) is 0.892. The first-order chi connectivity index (χ1) is 9.24. The van der Waals surface area contributed by atoms with E-state index in [-0.39, 0.29) is 23.9 Å². The van der Waals surface area contributed by atoms with Gasteiger partial charge in [0.25, 0.3) is 0 Å². The molecule has 1 aliphatic carbocycles. The molecule has 0 radical (unpaired) electrons. The highest BCUT2D eigenvalue weighted by Gasteiger charge is 2.30. The molecule has 2 aliphatic rings. The van der Waals surface area contributed by atoms with Crippen molar-refractivity contribution in [3.63, 3.8) is 0 Å². The highest BCUT2D eigenvalue weighted by molar-refractivity contribution is 5.80. The number of ether oxygens (including phenoxy) is 1. The molecule has 19 heavy (non-hydrogen) atoms. The van der Waals surface area contributed by atoms with Crippen molar-refractivity contribution in [3.05, 3.63) is 29.8 Å². The number of nitrogens with two attached hydrogens (primary N) is 1. The Bertz CT molecular complexity index is 475. The van der Waals surface area contributed by atoms with Gasteiger partial charge in [0, 0.05) is 12.1 Å². The van der Waals surface area contributed by atoms with Crippen molar-refractivity contribution < 1.29 is 9.53 Å². The van der Waals surface area contributed by atoms with Gasteiger partial charge in [-0.25, -0.2) is 0 Å². The molecule has 3 unspecified atom stereocenters. The lowest BCUT2D eigenvalue weighted by atomic mass is 9.95. The van der Waals surface area contributed by atoms with E-state index >= 15 is 0 Å². The lowest BCUT2D eigenvalue weighted by Crippen LogP contribution is -2.48. The third-order valence-corrected chi connectivity index (χ3v) is 4.15. The van der Waals surface area contributed by atoms with E-state index in [0.29, 0.717) is 6.61 Å². The van der Waals surface area contributed by atoms with Gasteiger partial charge in [-0.3, -0.25) is 4.79 Å². The lowest BCUT2D eigenvalue weighted by molar-refractivity contribution is -0.127. The van der Waals surface area contributed by atoms with Crippen LogP contribution < -0.4 is 15.8 Å². The molecule has 1 fully saturated rings. The van der Waals surface area contributed by atoms with Crippen LogP contribution in [0.4, 0.5) is 0 Å². The zero-order valence-corrected chi connectivity index (χ0v) is 11.0. The van der Waals surface area contributed by atoms with Gasteiger partial charge < -0.3 is 15.8 Å². The van der Waals surface area contributed by atoms with Crippen LogP contribution in [-0.4, -0.2) is 24.6 Å². The van der Waals surface area contributed by atoms with Crippen molar-refractivity contribution in [1.82, 2.24) is 5.32 Å². The molecule has 1 saturated carbocycles. The monoisotopic (exact) mass is 260 g/mol. The number of para-hydroxylation sites is 1. The van der Waals surface area contributed by atoms with E-state index in [1.807, 2.05) is 24.3 Å². The Morgan fingerprint density at radius 2 is 2.16 bits per heavy atom. The van der Waals surface area contributed by atoms with E-state index < -0.39 is 0 Å². The molecule has 4 nitrogen and oxygen atoms in total. The van der Waals surface area contributed by atoms with E-state index in [1.54, 1.807) is 0 Å². The fourth-order valence-electron chi connectivity index (χ4n) is 2.96. The third kappa shape index (κ3) is 2.59. The van der Waals surface area contributed by atoms with Gasteiger partial charge in [-0.15, -0.1) is 0 Å². The number of rotatable bonds is 2. The van der Waals surface area contributed by atoms with E-state index in [2.05, 4.69) is 5.32 Å². The van der Waals surface area contributed by atoms with Crippen LogP contribution in [0.5, 0.6) is 5.75 Å². The summed E-state index contributed by atoms with van der Waals surface area (Å²) in [6.07, 6.45) is 3.87. The van der Waals surface area contributed by atoms with Crippen LogP contribution in [0.3, 0.4) is 0 Å². The van der Waals surface area contributed by atoms with E-state index in [1.165, 1.54) is 0 Å². The van der Waals surface area contributed by atoms with Gasteiger partial charge in [-0.1, -0.05) is 18.2 Å². The number of fused-ring (bicyclic) bond motifs is 1. The van der Waals surface area contributed by atoms with Gasteiger partial charge in [-0.2, -0.15) is 0 Å². The van der Waals surface area contributed by atoms with E-state index in [9.17, 15) is 4.79 Å². The Hall–Kier alpha value is -1.55. The molecule has 0 saturated heterocycles. The Morgan fingerprint density at radius 3 is 2.95 bits per heavy atom. The first-order valence-corrected chi connectivity index (χ1v) is 7.00. The third-order valence-electron chi connectivity index (χ3n) is 4.15. The Balaban J connectivity index is 1.63. The molecule has 1 aromatic carbocycles. The van der Waals surface area contributed by atoms with E-state index in [0.717, 1.165) is 37.0 Å². The van der Waals surface area contributed by atoms with Crippen LogP contribution in [-0.2, 0) is 11.2 Å². The molecule has 3 rings (SSSR count). The molecule has 1 heterocycles. The summed E-state index contributed by atoms with van der Waals surface area (Å²) in [5, 5.41) is 3.09. The SMILES string of the molecule is NC1CCCC1NC(=O)C1COc2ccccc2C1. The smallest absolute Gasteiger partial charge is 0.227 e. The lowest BCUT2D eigenvalue weighted by Gasteiger charge is -2.26. The molecule has 1 amide bonds. The van der Waals surface area contributed by atoms with E-state index in [4.69, 9.17) is 10.5 Å². The van der Waals surface area contributed by atoms with Crippen LogP contribution >= 0.6 is 0 Å². The van der Waals surface area contributed by atoms with Gasteiger partial charge >= 0.3 is 0 Å². The fourth-order valence-corrected chi connectivity index (χ4v) is 2.96. The topological polar surface area (TPSA) is 64.3 Å². The largest absolute Gasteiger partial charge is 0.492 e. The first-order valence-electron chi connectivity index (χ1n) is 7.00. The van der Waals surface area contributed by atoms with Gasteiger partial charge in [0.1, 0.15) is 12.4 Å². The summed E-state index contributed by atoms with van der Waals surface area (Å²) in [6.45, 7) is 0.463. The molecule has 3 atom stereocenters. The quantitative estimate of drug-likeness (QED) is 0.840. The number of carbonyl (C=O) groups excluding carboxylic acids is 1. The Kier molecular flexibility index (Phi) is 3.42. The maximum absolute atomic E-state index is 12.3. The maximum Gasteiger partial charge on any atom is 0.227 e. The molecule has 0 spiro atoms. The Labute approximate surface area is 113 Å². The van der Waals surface area contributed by atoms with Crippen molar-refractivity contribution >= 4 is 5.91 Å². The van der Waals surface area contributed by atoms with Gasteiger partial charge in [0.2, 0.25) is 5.91 Å². The second-order valence-corrected chi connectivity index (χ2v) is 5.53. The molecule has 0 aromatic heterocycles. The van der Waals surface area contributed by atoms with Crippen molar-refractivity contribution in [3.8, 4) is 5.75 Å². The van der Waals surface area contributed by atoms with Crippen LogP contribution in [0, 0.1) is 5.92 Å². The molecular weight excluding hydrogens is 240 g/mol. The number of hydrogen-bond acceptors (Lipinski definition) is 3. The maximum atomic E-state index is 12.3. The minimum atomic E-state index is -0.0947. The number of nitrogens with one attached hydrogen (secondary N) is 1. The molecule has 4 heteroatoms. The average molecular weight is 260 g/mol. The van der Waals surface area contributed by atoms with Crippen LogP contribution in [0.15, 0.2) is 24.3 Å². The second-order valence-electron chi connectivity index (χ2n) is 5.53. The zero-order valence-electron chi connectivity index (χ0n) is 11.0. The molecule has 1 aromatic rings. The van der Waals surface area contributed by atoms with Crippen molar-refractivity contribution in [2.45, 2.75) is 37.8 Å². The standard InChI is InChI=1S/C15H20N2O2/c16-12-5-3-6-13(12)17-15(18)11-8-10-4-1-2-7-14(10)19-9-11/h1-2,4,7,11-13H,3,5-6,8-9,16H2,(H,17,18). The predicted molar refractivity (Wildman–Crippen MR) is 72.9 cm³/mol. The van der Waals surface area contributed by atoms with Crippen molar-refractivity contribution in [2.75, 3.05) is 6.61 Å². The zero-order chi connectivity index (χ0) is 13.2. The summed E-state index contributed by atoms with van der Waals surface area (Å²) in [4.78, 5) is 12.3. The predicted octanol–water partition coefficient (Wildman–Crippen LogP) is 1.23. The summed E-state index contributed by atoms with van der Waals surface area (Å²) in [6, 6.07) is 8.17. The number of carbonyl (C=O) groups is 1. The number of benzene rings is 1. The number of hydrogen-bond donors (Lipinski definition) is 2. The molecule has 102 valence electrons. The normalized spacial score (nSPS) is 29.4. The second kappa shape index (κ2) is 5.21. The van der Waals surface area contributed by atoms with Crippen LogP contribution in [0.2, 0.25) is 0 Å². The number of amides is 1. The Morgan fingerprint density at radius 1 is 1.32 bits per heavy atom. The minimum Gasteiger partial charge on any atom is -0.492 e. The fraction of sp³-hybridized carbons (Fsp3) is 0.533. The summed E-state index contributed by atoms with van der Waals surface area (Å²) in [5.41, 5.74) is 7.10. The average Bonchev–Trinajstić information content (AvgIpc) is 2.84. The highest BCUT2D eigenvalue weighted by atomic mass is 16.5. The highest BCUT2D eigenvalue weighted by Crippen LogP contribution is 2.27. The molecule has 1 aliphatic heterocycles. The molecular formula is C15H20N2O2. The van der Waals surface area contributed by atoms with Gasteiger partial charge in [-0.05, 0) is 37.3 Å². The minimum absolute atomic E-state index is 0.0804. The van der Waals surface area contributed by atoms with Gasteiger partial charge in [0.15, 0.2) is 0 Å². The summed E-state index contributed by atoms with van der Waals surface area (Å²) in [7, 11) is 0. The molecule has 0 bridgehead atoms. The van der Waals surface area contributed by atoms with Crippen LogP contribution in [0.25, 0.3) is 0 Å². The summed E-state index contributed by atoms with van der Waals surface area (Å²) >= 11 is 0. The summed E-state index contributed by atoms with van der Waals surface area (Å²) < 4.78 is 5.66. The van der Waals surface area contributed by atoms with Crippen molar-refractivity contribution in [1.29, 1.82) is 0 Å². The van der Waals surface area contributed by atoms with Crippen LogP contribution in [0.1, 0.15) is 24.8 Å². The first kappa shape index (κ1) is 12.5.